The summed E-state index contributed by atoms with van der Waals surface area (Å²) in [5.41, 5.74) is 6.22. The van der Waals surface area contributed by atoms with E-state index < -0.39 is 18.2 Å². The molecule has 1 aromatic carbocycles. The van der Waals surface area contributed by atoms with Gasteiger partial charge in [-0.3, -0.25) is 0 Å². The summed E-state index contributed by atoms with van der Waals surface area (Å²) >= 11 is 1.62. The number of rotatable bonds is 6. The molecule has 0 fully saturated rings. The zero-order chi connectivity index (χ0) is 15.4. The SMILES string of the molecule is CC(Cc1cccs1)Nc1cc(OC(F)F)c(F)cc1N. The fourth-order valence-electron chi connectivity index (χ4n) is 1.93. The first-order valence-electron chi connectivity index (χ1n) is 6.28. The monoisotopic (exact) mass is 316 g/mol. The van der Waals surface area contributed by atoms with E-state index in [1.54, 1.807) is 11.3 Å². The van der Waals surface area contributed by atoms with Crippen LogP contribution in [0.25, 0.3) is 0 Å². The van der Waals surface area contributed by atoms with Crippen molar-refractivity contribution in [3.05, 3.63) is 40.3 Å². The van der Waals surface area contributed by atoms with Crippen LogP contribution in [0, 0.1) is 5.82 Å². The number of anilines is 2. The highest BCUT2D eigenvalue weighted by atomic mass is 32.1. The Bertz CT molecular complexity index is 590. The Morgan fingerprint density at radius 3 is 2.76 bits per heavy atom. The van der Waals surface area contributed by atoms with Gasteiger partial charge < -0.3 is 15.8 Å². The van der Waals surface area contributed by atoms with E-state index >= 15 is 0 Å². The summed E-state index contributed by atoms with van der Waals surface area (Å²) in [5, 5.41) is 5.05. The van der Waals surface area contributed by atoms with Gasteiger partial charge in [0.05, 0.1) is 11.4 Å². The van der Waals surface area contributed by atoms with Gasteiger partial charge in [0.2, 0.25) is 0 Å². The topological polar surface area (TPSA) is 47.3 Å². The molecule has 0 saturated carbocycles. The second-order valence-electron chi connectivity index (χ2n) is 4.58. The Hall–Kier alpha value is -1.89. The van der Waals surface area contributed by atoms with Gasteiger partial charge in [0.1, 0.15) is 0 Å². The van der Waals surface area contributed by atoms with Crippen LogP contribution in [0.15, 0.2) is 29.6 Å². The molecule has 2 rings (SSSR count). The molecule has 0 amide bonds. The predicted molar refractivity (Wildman–Crippen MR) is 78.6 cm³/mol. The third-order valence-corrected chi connectivity index (χ3v) is 3.71. The highest BCUT2D eigenvalue weighted by molar-refractivity contribution is 7.09. The van der Waals surface area contributed by atoms with E-state index in [0.29, 0.717) is 5.69 Å². The van der Waals surface area contributed by atoms with E-state index in [0.717, 1.165) is 18.6 Å². The zero-order valence-electron chi connectivity index (χ0n) is 11.3. The molecule has 0 aliphatic carbocycles. The van der Waals surface area contributed by atoms with E-state index in [2.05, 4.69) is 10.1 Å². The van der Waals surface area contributed by atoms with Gasteiger partial charge in [-0.05, 0) is 18.4 Å². The lowest BCUT2D eigenvalue weighted by molar-refractivity contribution is -0.0521. The molecule has 21 heavy (non-hydrogen) atoms. The molecule has 114 valence electrons. The van der Waals surface area contributed by atoms with Crippen molar-refractivity contribution < 1.29 is 17.9 Å². The van der Waals surface area contributed by atoms with Crippen molar-refractivity contribution >= 4 is 22.7 Å². The van der Waals surface area contributed by atoms with Crippen molar-refractivity contribution in [2.24, 2.45) is 0 Å². The smallest absolute Gasteiger partial charge is 0.387 e. The lowest BCUT2D eigenvalue weighted by Gasteiger charge is -2.17. The van der Waals surface area contributed by atoms with Gasteiger partial charge >= 0.3 is 6.61 Å². The number of nitrogen functional groups attached to an aromatic ring is 1. The molecule has 2 aromatic rings. The zero-order valence-corrected chi connectivity index (χ0v) is 12.1. The maximum Gasteiger partial charge on any atom is 0.387 e. The molecule has 1 aromatic heterocycles. The van der Waals surface area contributed by atoms with Crippen molar-refractivity contribution in [1.29, 1.82) is 0 Å². The highest BCUT2D eigenvalue weighted by Gasteiger charge is 2.14. The third-order valence-electron chi connectivity index (χ3n) is 2.81. The Morgan fingerprint density at radius 1 is 1.38 bits per heavy atom. The maximum absolute atomic E-state index is 13.5. The first-order valence-corrected chi connectivity index (χ1v) is 7.16. The number of nitrogens with one attached hydrogen (secondary N) is 1. The molecule has 3 N–H and O–H groups in total. The molecule has 0 aliphatic heterocycles. The summed E-state index contributed by atoms with van der Waals surface area (Å²) < 4.78 is 42.0. The second-order valence-corrected chi connectivity index (χ2v) is 5.61. The van der Waals surface area contributed by atoms with Crippen LogP contribution in [0.4, 0.5) is 24.5 Å². The van der Waals surface area contributed by atoms with Crippen molar-refractivity contribution in [2.75, 3.05) is 11.1 Å². The average molecular weight is 316 g/mol. The summed E-state index contributed by atoms with van der Waals surface area (Å²) in [7, 11) is 0. The Balaban J connectivity index is 2.11. The van der Waals surface area contributed by atoms with Crippen LogP contribution in [-0.4, -0.2) is 12.7 Å². The number of halogens is 3. The van der Waals surface area contributed by atoms with E-state index in [9.17, 15) is 13.2 Å². The van der Waals surface area contributed by atoms with Crippen LogP contribution in [0.2, 0.25) is 0 Å². The van der Waals surface area contributed by atoms with E-state index in [-0.39, 0.29) is 11.7 Å². The molecule has 1 unspecified atom stereocenters. The third kappa shape index (κ3) is 4.29. The number of alkyl halides is 2. The standard InChI is InChI=1S/C14H15F3N2OS/c1-8(5-9-3-2-4-21-9)19-12-7-13(20-14(16)17)10(15)6-11(12)18/h2-4,6-8,14,19H,5,18H2,1H3. The number of benzene rings is 1. The van der Waals surface area contributed by atoms with Crippen LogP contribution < -0.4 is 15.8 Å². The van der Waals surface area contributed by atoms with Gasteiger partial charge in [0, 0.05) is 29.5 Å². The van der Waals surface area contributed by atoms with E-state index in [4.69, 9.17) is 5.73 Å². The lowest BCUT2D eigenvalue weighted by atomic mass is 10.1. The lowest BCUT2D eigenvalue weighted by Crippen LogP contribution is -2.18. The van der Waals surface area contributed by atoms with Crippen LogP contribution in [0.1, 0.15) is 11.8 Å². The first-order chi connectivity index (χ1) is 9.95. The number of ether oxygens (including phenoxy) is 1. The summed E-state index contributed by atoms with van der Waals surface area (Å²) in [6.07, 6.45) is 0.750. The summed E-state index contributed by atoms with van der Waals surface area (Å²) in [6.45, 7) is -1.16. The normalized spacial score (nSPS) is 12.4. The molecule has 1 heterocycles. The Labute approximate surface area is 124 Å². The quantitative estimate of drug-likeness (QED) is 0.788. The van der Waals surface area contributed by atoms with Gasteiger partial charge in [0.25, 0.3) is 0 Å². The van der Waals surface area contributed by atoms with Gasteiger partial charge in [-0.25, -0.2) is 4.39 Å². The Kier molecular flexibility index (Phi) is 4.95. The number of hydrogen-bond acceptors (Lipinski definition) is 4. The van der Waals surface area contributed by atoms with E-state index in [1.807, 2.05) is 24.4 Å². The molecular formula is C14H15F3N2OS. The minimum Gasteiger partial charge on any atom is -0.432 e. The molecule has 0 spiro atoms. The number of nitrogens with two attached hydrogens (primary N) is 1. The largest absolute Gasteiger partial charge is 0.432 e. The molecule has 3 nitrogen and oxygen atoms in total. The highest BCUT2D eigenvalue weighted by Crippen LogP contribution is 2.30. The van der Waals surface area contributed by atoms with Crippen LogP contribution >= 0.6 is 11.3 Å². The molecule has 7 heteroatoms. The van der Waals surface area contributed by atoms with Crippen molar-refractivity contribution in [3.63, 3.8) is 0 Å². The Morgan fingerprint density at radius 2 is 2.14 bits per heavy atom. The number of hydrogen-bond donors (Lipinski definition) is 2. The summed E-state index contributed by atoms with van der Waals surface area (Å²) in [4.78, 5) is 1.18. The molecule has 0 radical (unpaired) electrons. The molecule has 0 saturated heterocycles. The summed E-state index contributed by atoms with van der Waals surface area (Å²) in [5.74, 6) is -1.44. The average Bonchev–Trinajstić information content (AvgIpc) is 2.87. The van der Waals surface area contributed by atoms with Crippen molar-refractivity contribution in [3.8, 4) is 5.75 Å². The van der Waals surface area contributed by atoms with Crippen LogP contribution in [-0.2, 0) is 6.42 Å². The summed E-state index contributed by atoms with van der Waals surface area (Å²) in [6, 6.07) is 6.09. The minimum absolute atomic E-state index is 0.0100. The van der Waals surface area contributed by atoms with Gasteiger partial charge in [-0.15, -0.1) is 11.3 Å². The molecule has 0 aliphatic rings. The first kappa shape index (κ1) is 15.5. The maximum atomic E-state index is 13.5. The minimum atomic E-state index is -3.08. The van der Waals surface area contributed by atoms with Gasteiger partial charge in [-0.2, -0.15) is 8.78 Å². The number of thiophene rings is 1. The van der Waals surface area contributed by atoms with Crippen molar-refractivity contribution in [1.82, 2.24) is 0 Å². The van der Waals surface area contributed by atoms with Gasteiger partial charge in [-0.1, -0.05) is 6.07 Å². The molecule has 1 atom stereocenters. The fraction of sp³-hybridized carbons (Fsp3) is 0.286. The van der Waals surface area contributed by atoms with Crippen LogP contribution in [0.5, 0.6) is 5.75 Å². The van der Waals surface area contributed by atoms with Crippen molar-refractivity contribution in [2.45, 2.75) is 26.0 Å². The van der Waals surface area contributed by atoms with E-state index in [1.165, 1.54) is 4.88 Å². The predicted octanol–water partition coefficient (Wildman–Crippen LogP) is 4.11. The molecular weight excluding hydrogens is 301 g/mol. The fourth-order valence-corrected chi connectivity index (χ4v) is 2.76. The molecule has 0 bridgehead atoms. The second kappa shape index (κ2) is 6.71. The van der Waals surface area contributed by atoms with Crippen LogP contribution in [0.3, 0.4) is 0 Å². The van der Waals surface area contributed by atoms with Gasteiger partial charge in [0.15, 0.2) is 11.6 Å².